The zero-order valence-corrected chi connectivity index (χ0v) is 24.8. The highest BCUT2D eigenvalue weighted by atomic mass is 35.5. The number of halogens is 1. The lowest BCUT2D eigenvalue weighted by Gasteiger charge is -2.17. The summed E-state index contributed by atoms with van der Waals surface area (Å²) in [7, 11) is 0. The van der Waals surface area contributed by atoms with Crippen molar-refractivity contribution in [3.8, 4) is 0 Å². The summed E-state index contributed by atoms with van der Waals surface area (Å²) in [5, 5.41) is 7.55. The third kappa shape index (κ3) is 7.83. The van der Waals surface area contributed by atoms with Crippen molar-refractivity contribution in [1.29, 1.82) is 0 Å². The fraction of sp³-hybridized carbons (Fsp3) is 0.379. The Balaban J connectivity index is 1.74. The molecule has 2 atom stereocenters. The van der Waals surface area contributed by atoms with E-state index in [-0.39, 0.29) is 47.9 Å². The number of aromatic nitrogens is 1. The van der Waals surface area contributed by atoms with Crippen LogP contribution in [0.4, 0.5) is 0 Å². The molecule has 0 aliphatic carbocycles. The van der Waals surface area contributed by atoms with Crippen molar-refractivity contribution < 1.29 is 19.2 Å². The minimum atomic E-state index is -0.595. The molecule has 0 spiro atoms. The lowest BCUT2D eigenvalue weighted by molar-refractivity contribution is -0.127. The Morgan fingerprint density at radius 3 is 2.13 bits per heavy atom. The fourth-order valence-corrected chi connectivity index (χ4v) is 5.34. The summed E-state index contributed by atoms with van der Waals surface area (Å²) in [6, 6.07) is 11.5. The molecule has 3 aromatic rings. The van der Waals surface area contributed by atoms with Gasteiger partial charge in [0.1, 0.15) is 11.6 Å². The van der Waals surface area contributed by atoms with Gasteiger partial charge in [0.25, 0.3) is 5.91 Å². The van der Waals surface area contributed by atoms with Gasteiger partial charge in [-0.25, -0.2) is 0 Å². The van der Waals surface area contributed by atoms with Crippen LogP contribution in [0.25, 0.3) is 10.9 Å². The van der Waals surface area contributed by atoms with E-state index >= 15 is 0 Å². The predicted molar refractivity (Wildman–Crippen MR) is 163 cm³/mol. The fourth-order valence-electron chi connectivity index (χ4n) is 4.49. The zero-order chi connectivity index (χ0) is 28.7. The van der Waals surface area contributed by atoms with Crippen molar-refractivity contribution in [3.05, 3.63) is 69.9 Å². The van der Waals surface area contributed by atoms with Crippen LogP contribution < -0.4 is 10.6 Å². The first-order valence-electron chi connectivity index (χ1n) is 12.7. The number of carbonyl (C=O) groups is 4. The van der Waals surface area contributed by atoms with Crippen molar-refractivity contribution in [2.24, 2.45) is 0 Å². The number of benzene rings is 2. The van der Waals surface area contributed by atoms with Gasteiger partial charge in [0.15, 0.2) is 5.78 Å². The van der Waals surface area contributed by atoms with Crippen LogP contribution in [-0.2, 0) is 20.8 Å². The van der Waals surface area contributed by atoms with E-state index in [1.54, 1.807) is 28.8 Å². The zero-order valence-electron chi connectivity index (χ0n) is 22.3. The molecule has 1 unspecified atom stereocenters. The van der Waals surface area contributed by atoms with Gasteiger partial charge in [-0.1, -0.05) is 23.2 Å². The molecule has 208 valence electrons. The summed E-state index contributed by atoms with van der Waals surface area (Å²) < 4.78 is 1.62. The highest BCUT2D eigenvalue weighted by Crippen LogP contribution is 2.29. The van der Waals surface area contributed by atoms with Gasteiger partial charge in [0, 0.05) is 52.7 Å². The van der Waals surface area contributed by atoms with Crippen LogP contribution in [0, 0.1) is 13.8 Å². The van der Waals surface area contributed by atoms with Gasteiger partial charge in [0.2, 0.25) is 0 Å². The number of ketones is 3. The number of rotatable bonds is 14. The van der Waals surface area contributed by atoms with Crippen LogP contribution in [0.2, 0.25) is 5.02 Å². The minimum Gasteiger partial charge on any atom is -0.306 e. The molecule has 0 fully saturated rings. The molecule has 1 heterocycles. The quantitative estimate of drug-likeness (QED) is 0.129. The number of nitrogens with one attached hydrogen (secondary N) is 2. The van der Waals surface area contributed by atoms with Gasteiger partial charge < -0.3 is 10.6 Å². The van der Waals surface area contributed by atoms with Crippen LogP contribution in [0.1, 0.15) is 40.5 Å². The molecule has 7 nitrogen and oxygen atoms in total. The molecule has 0 saturated carbocycles. The second kappa shape index (κ2) is 14.3. The standard InChI is InChI=1S/C29H34ClN3O4S2/c1-17-4-9-27-24(12-17)23(18(2)33(27)29(37)20-5-7-21(30)8-6-20)13-22(35)14-28(36)26(16-39)32-11-10-31-25(15-38)19(3)34/h4-9,12,25-26,31-32,38-39H,10-11,13-16H2,1-3H3/t25-,26?/m0/s1. The van der Waals surface area contributed by atoms with E-state index in [9.17, 15) is 19.2 Å². The normalized spacial score (nSPS) is 12.9. The van der Waals surface area contributed by atoms with Gasteiger partial charge in [-0.3, -0.25) is 23.7 Å². The largest absolute Gasteiger partial charge is 0.306 e. The van der Waals surface area contributed by atoms with Crippen molar-refractivity contribution in [3.63, 3.8) is 0 Å². The topological polar surface area (TPSA) is 97.3 Å². The number of hydrogen-bond acceptors (Lipinski definition) is 8. The van der Waals surface area contributed by atoms with Crippen molar-refractivity contribution in [2.75, 3.05) is 24.6 Å². The number of thiol groups is 2. The van der Waals surface area contributed by atoms with E-state index in [4.69, 9.17) is 11.6 Å². The predicted octanol–water partition coefficient (Wildman–Crippen LogP) is 4.04. The third-order valence-corrected chi connectivity index (χ3v) is 7.66. The molecule has 0 aliphatic heterocycles. The van der Waals surface area contributed by atoms with E-state index < -0.39 is 6.04 Å². The Labute approximate surface area is 244 Å². The third-order valence-electron chi connectivity index (χ3n) is 6.68. The lowest BCUT2D eigenvalue weighted by atomic mass is 9.99. The summed E-state index contributed by atoms with van der Waals surface area (Å²) in [4.78, 5) is 51.0. The van der Waals surface area contributed by atoms with Gasteiger partial charge in [0.05, 0.1) is 24.0 Å². The monoisotopic (exact) mass is 587 g/mol. The first-order chi connectivity index (χ1) is 18.6. The van der Waals surface area contributed by atoms with Crippen LogP contribution in [0.3, 0.4) is 0 Å². The van der Waals surface area contributed by atoms with E-state index in [1.165, 1.54) is 6.92 Å². The van der Waals surface area contributed by atoms with Gasteiger partial charge in [-0.2, -0.15) is 25.3 Å². The van der Waals surface area contributed by atoms with Gasteiger partial charge in [-0.15, -0.1) is 0 Å². The molecule has 10 heteroatoms. The maximum Gasteiger partial charge on any atom is 0.262 e. The van der Waals surface area contributed by atoms with E-state index in [2.05, 4.69) is 35.9 Å². The van der Waals surface area contributed by atoms with E-state index in [0.717, 1.165) is 16.5 Å². The molecule has 0 aliphatic rings. The van der Waals surface area contributed by atoms with E-state index in [0.29, 0.717) is 40.6 Å². The first kappa shape index (κ1) is 31.1. The Morgan fingerprint density at radius 2 is 1.54 bits per heavy atom. The molecule has 0 radical (unpaired) electrons. The highest BCUT2D eigenvalue weighted by molar-refractivity contribution is 7.80. The lowest BCUT2D eigenvalue weighted by Crippen LogP contribution is -2.45. The number of hydrogen-bond donors (Lipinski definition) is 4. The average Bonchev–Trinajstić information content (AvgIpc) is 3.16. The molecule has 2 aromatic carbocycles. The molecule has 3 rings (SSSR count). The smallest absolute Gasteiger partial charge is 0.262 e. The second-order valence-electron chi connectivity index (χ2n) is 9.58. The second-order valence-corrected chi connectivity index (χ2v) is 10.7. The maximum atomic E-state index is 13.4. The Bertz CT molecular complexity index is 1370. The van der Waals surface area contributed by atoms with Crippen LogP contribution >= 0.6 is 36.9 Å². The number of carbonyl (C=O) groups excluding carboxylic acids is 4. The van der Waals surface area contributed by atoms with Gasteiger partial charge >= 0.3 is 0 Å². The molecule has 0 saturated heterocycles. The Morgan fingerprint density at radius 1 is 0.923 bits per heavy atom. The Hall–Kier alpha value is -2.43. The summed E-state index contributed by atoms with van der Waals surface area (Å²) in [5.74, 6) is -0.0746. The number of fused-ring (bicyclic) bond motifs is 1. The van der Waals surface area contributed by atoms with Crippen LogP contribution in [0.15, 0.2) is 42.5 Å². The molecule has 2 N–H and O–H groups in total. The number of nitrogens with zero attached hydrogens (tertiary/aromatic N) is 1. The first-order valence-corrected chi connectivity index (χ1v) is 14.4. The summed E-state index contributed by atoms with van der Waals surface area (Å²) in [6.45, 7) is 6.17. The molecular formula is C29H34ClN3O4S2. The molecule has 0 bridgehead atoms. The number of aryl methyl sites for hydroxylation is 1. The Kier molecular flexibility index (Phi) is 11.4. The number of Topliss-reactive ketones (excluding diaryl/α,β-unsaturated/α-hetero) is 3. The minimum absolute atomic E-state index is 0.000808. The SMILES string of the molecule is CC(=O)[C@H](CS)NCCNC(CS)C(=O)CC(=O)Cc1c(C)n(C(=O)c2ccc(Cl)cc2)c2ccc(C)cc12. The van der Waals surface area contributed by atoms with Crippen LogP contribution in [0.5, 0.6) is 0 Å². The molecular weight excluding hydrogens is 554 g/mol. The molecule has 39 heavy (non-hydrogen) atoms. The van der Waals surface area contributed by atoms with Crippen molar-refractivity contribution in [2.45, 2.75) is 45.7 Å². The molecule has 0 amide bonds. The summed E-state index contributed by atoms with van der Waals surface area (Å²) in [5.41, 5.74) is 3.58. The summed E-state index contributed by atoms with van der Waals surface area (Å²) in [6.07, 6.45) is -0.219. The highest BCUT2D eigenvalue weighted by Gasteiger charge is 2.24. The van der Waals surface area contributed by atoms with Gasteiger partial charge in [-0.05, 0) is 62.7 Å². The van der Waals surface area contributed by atoms with Crippen LogP contribution in [-0.4, -0.2) is 64.5 Å². The molecule has 1 aromatic heterocycles. The maximum absolute atomic E-state index is 13.4. The average molecular weight is 588 g/mol. The van der Waals surface area contributed by atoms with Crippen molar-refractivity contribution in [1.82, 2.24) is 15.2 Å². The summed E-state index contributed by atoms with van der Waals surface area (Å²) >= 11 is 14.4. The van der Waals surface area contributed by atoms with Crippen molar-refractivity contribution >= 4 is 71.0 Å². The van der Waals surface area contributed by atoms with E-state index in [1.807, 2.05) is 32.0 Å².